The van der Waals surface area contributed by atoms with E-state index in [-0.39, 0.29) is 6.61 Å². The Hall–Kier alpha value is -0.120. The third-order valence-corrected chi connectivity index (χ3v) is 0.831. The quantitative estimate of drug-likeness (QED) is 0.464. The average Bonchev–Trinajstić information content (AvgIpc) is 1.81. The number of hydrogen-bond donors (Lipinski definition) is 2. The molecule has 0 aliphatic carbocycles. The summed E-state index contributed by atoms with van der Waals surface area (Å²) >= 11 is 0. The molecule has 0 aliphatic heterocycles. The van der Waals surface area contributed by atoms with E-state index < -0.39 is 0 Å². The molecule has 0 aromatic carbocycles. The first kappa shape index (κ1) is 7.88. The third kappa shape index (κ3) is 5.88. The Balaban J connectivity index is 2.53. The lowest BCUT2D eigenvalue weighted by molar-refractivity contribution is 0.194. The van der Waals surface area contributed by atoms with Gasteiger partial charge in [0.25, 0.3) is 0 Å². The van der Waals surface area contributed by atoms with E-state index in [1.54, 1.807) is 0 Å². The van der Waals surface area contributed by atoms with Crippen molar-refractivity contribution in [2.75, 3.05) is 33.3 Å². The zero-order valence-corrected chi connectivity index (χ0v) is 5.24. The van der Waals surface area contributed by atoms with Crippen molar-refractivity contribution in [3.05, 3.63) is 0 Å². The maximum absolute atomic E-state index is 9.81. The predicted molar refractivity (Wildman–Crippen MR) is 32.3 cm³/mol. The standard InChI is InChI=1S/C5H13N2O/c1-6-2-3-7-4-5-8/h6-7H,2-5H2,1H3. The van der Waals surface area contributed by atoms with E-state index in [4.69, 9.17) is 0 Å². The Bertz CT molecular complexity index is 35.4. The highest BCUT2D eigenvalue weighted by Crippen LogP contribution is 1.55. The average molecular weight is 117 g/mol. The second-order valence-electron chi connectivity index (χ2n) is 1.56. The molecule has 0 heterocycles. The first-order chi connectivity index (χ1) is 3.91. The van der Waals surface area contributed by atoms with Gasteiger partial charge in [0, 0.05) is 19.6 Å². The Morgan fingerprint density at radius 2 is 2.00 bits per heavy atom. The van der Waals surface area contributed by atoms with Crippen molar-refractivity contribution in [2.45, 2.75) is 0 Å². The van der Waals surface area contributed by atoms with Crippen LogP contribution in [0.15, 0.2) is 0 Å². The SMILES string of the molecule is CNCCNCC[O]. The van der Waals surface area contributed by atoms with Crippen LogP contribution in [0.2, 0.25) is 0 Å². The van der Waals surface area contributed by atoms with Crippen LogP contribution in [0.3, 0.4) is 0 Å². The number of rotatable bonds is 5. The summed E-state index contributed by atoms with van der Waals surface area (Å²) in [5, 5.41) is 15.7. The molecule has 0 fully saturated rings. The van der Waals surface area contributed by atoms with E-state index in [0.29, 0.717) is 6.54 Å². The molecule has 0 bridgehead atoms. The summed E-state index contributed by atoms with van der Waals surface area (Å²) in [5.74, 6) is 0. The smallest absolute Gasteiger partial charge is 0.0946 e. The van der Waals surface area contributed by atoms with Crippen LogP contribution >= 0.6 is 0 Å². The Kier molecular flexibility index (Phi) is 6.78. The Morgan fingerprint density at radius 1 is 1.25 bits per heavy atom. The van der Waals surface area contributed by atoms with E-state index in [9.17, 15) is 5.11 Å². The second-order valence-corrected chi connectivity index (χ2v) is 1.56. The molecule has 3 nitrogen and oxygen atoms in total. The summed E-state index contributed by atoms with van der Waals surface area (Å²) in [5.41, 5.74) is 0. The van der Waals surface area contributed by atoms with Crippen molar-refractivity contribution < 1.29 is 5.11 Å². The van der Waals surface area contributed by atoms with Crippen LogP contribution in [0.1, 0.15) is 0 Å². The third-order valence-electron chi connectivity index (χ3n) is 0.831. The molecule has 0 aromatic rings. The summed E-state index contributed by atoms with van der Waals surface area (Å²) in [6, 6.07) is 0. The summed E-state index contributed by atoms with van der Waals surface area (Å²) < 4.78 is 0. The van der Waals surface area contributed by atoms with E-state index in [1.807, 2.05) is 7.05 Å². The highest BCUT2D eigenvalue weighted by Gasteiger charge is 1.81. The molecule has 0 amide bonds. The van der Waals surface area contributed by atoms with Gasteiger partial charge in [0.1, 0.15) is 0 Å². The topological polar surface area (TPSA) is 44.0 Å². The lowest BCUT2D eigenvalue weighted by Gasteiger charge is -1.98. The highest BCUT2D eigenvalue weighted by atomic mass is 16.3. The number of likely N-dealkylation sites (N-methyl/N-ethyl adjacent to an activating group) is 1. The zero-order valence-electron chi connectivity index (χ0n) is 5.24. The first-order valence-electron chi connectivity index (χ1n) is 2.85. The van der Waals surface area contributed by atoms with Gasteiger partial charge in [-0.15, -0.1) is 0 Å². The van der Waals surface area contributed by atoms with E-state index in [1.165, 1.54) is 0 Å². The van der Waals surface area contributed by atoms with E-state index >= 15 is 0 Å². The van der Waals surface area contributed by atoms with Crippen LogP contribution in [0.25, 0.3) is 0 Å². The molecule has 0 spiro atoms. The summed E-state index contributed by atoms with van der Waals surface area (Å²) in [4.78, 5) is 0. The molecule has 1 radical (unpaired) electrons. The lowest BCUT2D eigenvalue weighted by Crippen LogP contribution is -2.26. The molecule has 49 valence electrons. The molecule has 0 atom stereocenters. The fourth-order valence-electron chi connectivity index (χ4n) is 0.411. The maximum atomic E-state index is 9.81. The van der Waals surface area contributed by atoms with Gasteiger partial charge >= 0.3 is 0 Å². The fraction of sp³-hybridized carbons (Fsp3) is 1.00. The van der Waals surface area contributed by atoms with Gasteiger partial charge in [0.15, 0.2) is 0 Å². The minimum absolute atomic E-state index is 0.0241. The van der Waals surface area contributed by atoms with Crippen molar-refractivity contribution >= 4 is 0 Å². The van der Waals surface area contributed by atoms with E-state index in [0.717, 1.165) is 13.1 Å². The van der Waals surface area contributed by atoms with Crippen LogP contribution in [0.5, 0.6) is 0 Å². The molecule has 0 rings (SSSR count). The predicted octanol–water partition coefficient (Wildman–Crippen LogP) is -0.774. The van der Waals surface area contributed by atoms with E-state index in [2.05, 4.69) is 10.6 Å². The first-order valence-corrected chi connectivity index (χ1v) is 2.85. The van der Waals surface area contributed by atoms with Crippen LogP contribution in [0, 0.1) is 0 Å². The summed E-state index contributed by atoms with van der Waals surface area (Å²) in [6.07, 6.45) is 0. The normalized spacial score (nSPS) is 9.75. The second kappa shape index (κ2) is 6.88. The van der Waals surface area contributed by atoms with Gasteiger partial charge in [0.2, 0.25) is 0 Å². The van der Waals surface area contributed by atoms with Crippen molar-refractivity contribution in [3.63, 3.8) is 0 Å². The van der Waals surface area contributed by atoms with Gasteiger partial charge in [-0.3, -0.25) is 0 Å². The van der Waals surface area contributed by atoms with Gasteiger partial charge in [0.05, 0.1) is 6.61 Å². The number of nitrogens with one attached hydrogen (secondary N) is 2. The molecule has 8 heavy (non-hydrogen) atoms. The van der Waals surface area contributed by atoms with Crippen LogP contribution < -0.4 is 10.6 Å². The highest BCUT2D eigenvalue weighted by molar-refractivity contribution is 4.45. The molecular weight excluding hydrogens is 104 g/mol. The molecule has 2 N–H and O–H groups in total. The van der Waals surface area contributed by atoms with Gasteiger partial charge in [-0.1, -0.05) is 0 Å². The van der Waals surface area contributed by atoms with Gasteiger partial charge in [-0.25, -0.2) is 5.11 Å². The molecule has 0 unspecified atom stereocenters. The van der Waals surface area contributed by atoms with Crippen LogP contribution in [-0.4, -0.2) is 33.3 Å². The summed E-state index contributed by atoms with van der Waals surface area (Å²) in [7, 11) is 1.89. The van der Waals surface area contributed by atoms with Crippen LogP contribution in [0.4, 0.5) is 0 Å². The molecule has 0 aromatic heterocycles. The summed E-state index contributed by atoms with van der Waals surface area (Å²) in [6.45, 7) is 2.38. The van der Waals surface area contributed by atoms with Gasteiger partial charge < -0.3 is 10.6 Å². The molecule has 0 saturated heterocycles. The van der Waals surface area contributed by atoms with Crippen molar-refractivity contribution in [1.82, 2.24) is 10.6 Å². The van der Waals surface area contributed by atoms with Gasteiger partial charge in [-0.2, -0.15) is 0 Å². The van der Waals surface area contributed by atoms with Gasteiger partial charge in [-0.05, 0) is 7.05 Å². The minimum atomic E-state index is -0.0241. The van der Waals surface area contributed by atoms with Crippen LogP contribution in [-0.2, 0) is 5.11 Å². The lowest BCUT2D eigenvalue weighted by atomic mass is 10.6. The fourth-order valence-corrected chi connectivity index (χ4v) is 0.411. The Labute approximate surface area is 50.1 Å². The largest absolute Gasteiger partial charge is 0.318 e. The van der Waals surface area contributed by atoms with Crippen molar-refractivity contribution in [3.8, 4) is 0 Å². The molecular formula is C5H13N2O. The number of hydrogen-bond acceptors (Lipinski definition) is 2. The van der Waals surface area contributed by atoms with Crippen molar-refractivity contribution in [1.29, 1.82) is 0 Å². The minimum Gasteiger partial charge on any atom is -0.318 e. The zero-order chi connectivity index (χ0) is 6.24. The molecule has 3 heteroatoms. The Morgan fingerprint density at radius 3 is 2.50 bits per heavy atom. The molecule has 0 saturated carbocycles. The monoisotopic (exact) mass is 117 g/mol. The van der Waals surface area contributed by atoms with Crippen molar-refractivity contribution in [2.24, 2.45) is 0 Å². The molecule has 0 aliphatic rings. The maximum Gasteiger partial charge on any atom is 0.0946 e.